The van der Waals surface area contributed by atoms with Crippen molar-refractivity contribution in [1.29, 1.82) is 0 Å². The zero-order valence-electron chi connectivity index (χ0n) is 9.95. The van der Waals surface area contributed by atoms with Crippen molar-refractivity contribution >= 4 is 5.91 Å². The van der Waals surface area contributed by atoms with Gasteiger partial charge < -0.3 is 15.5 Å². The Morgan fingerprint density at radius 3 is 2.07 bits per heavy atom. The van der Waals surface area contributed by atoms with Crippen molar-refractivity contribution in [2.45, 2.75) is 19.9 Å². The Morgan fingerprint density at radius 1 is 1.21 bits per heavy atom. The smallest absolute Gasteiger partial charge is 0.239 e. The van der Waals surface area contributed by atoms with Gasteiger partial charge in [0.15, 0.2) is 0 Å². The minimum absolute atomic E-state index is 0.0295. The molecule has 0 aromatic rings. The number of amides is 1. The molecule has 0 saturated heterocycles. The highest BCUT2D eigenvalue weighted by molar-refractivity contribution is 5.81. The predicted molar refractivity (Wildman–Crippen MR) is 59.0 cm³/mol. The molecule has 0 aliphatic carbocycles. The molecule has 4 heteroatoms. The minimum Gasteiger partial charge on any atom is -0.343 e. The van der Waals surface area contributed by atoms with Gasteiger partial charge in [0.2, 0.25) is 5.91 Å². The van der Waals surface area contributed by atoms with Crippen LogP contribution in [0.15, 0.2) is 0 Å². The molecule has 1 atom stereocenters. The molecule has 0 rings (SSSR count). The molecule has 0 unspecified atom stereocenters. The lowest BCUT2D eigenvalue weighted by Gasteiger charge is -2.24. The number of nitrogens with zero attached hydrogens (tertiary/aromatic N) is 2. The van der Waals surface area contributed by atoms with E-state index in [2.05, 4.69) is 0 Å². The van der Waals surface area contributed by atoms with Crippen LogP contribution in [-0.4, -0.2) is 56.0 Å². The predicted octanol–water partition coefficient (Wildman–Crippen LogP) is -0.0103. The number of hydrogen-bond donors (Lipinski definition) is 1. The van der Waals surface area contributed by atoms with Crippen LogP contribution in [0.2, 0.25) is 0 Å². The Kier molecular flexibility index (Phi) is 5.72. The largest absolute Gasteiger partial charge is 0.343 e. The molecule has 0 aromatic carbocycles. The fraction of sp³-hybridized carbons (Fsp3) is 0.900. The van der Waals surface area contributed by atoms with Crippen LogP contribution < -0.4 is 5.73 Å². The third kappa shape index (κ3) is 4.58. The first-order chi connectivity index (χ1) is 6.36. The maximum Gasteiger partial charge on any atom is 0.239 e. The standard InChI is InChI=1S/C10H23N3O/c1-8(2)9(11)10(14)13(5)7-6-12(3)4/h8-9H,6-7,11H2,1-5H3/t9-/m1/s1. The van der Waals surface area contributed by atoms with Gasteiger partial charge in [-0.25, -0.2) is 0 Å². The summed E-state index contributed by atoms with van der Waals surface area (Å²) < 4.78 is 0. The van der Waals surface area contributed by atoms with Gasteiger partial charge in [0.1, 0.15) is 0 Å². The summed E-state index contributed by atoms with van der Waals surface area (Å²) in [6, 6.07) is -0.373. The minimum atomic E-state index is -0.373. The summed E-state index contributed by atoms with van der Waals surface area (Å²) in [5, 5.41) is 0. The lowest BCUT2D eigenvalue weighted by molar-refractivity contribution is -0.132. The molecule has 0 spiro atoms. The molecule has 84 valence electrons. The van der Waals surface area contributed by atoms with E-state index in [1.54, 1.807) is 11.9 Å². The van der Waals surface area contributed by atoms with Crippen molar-refractivity contribution in [1.82, 2.24) is 9.80 Å². The van der Waals surface area contributed by atoms with Crippen molar-refractivity contribution in [2.75, 3.05) is 34.2 Å². The Morgan fingerprint density at radius 2 is 1.71 bits per heavy atom. The summed E-state index contributed by atoms with van der Waals surface area (Å²) in [4.78, 5) is 15.4. The topological polar surface area (TPSA) is 49.6 Å². The number of carbonyl (C=O) groups is 1. The van der Waals surface area contributed by atoms with Gasteiger partial charge in [-0.05, 0) is 20.0 Å². The van der Waals surface area contributed by atoms with E-state index in [-0.39, 0.29) is 17.9 Å². The van der Waals surface area contributed by atoms with Crippen molar-refractivity contribution in [2.24, 2.45) is 11.7 Å². The van der Waals surface area contributed by atoms with Crippen molar-refractivity contribution < 1.29 is 4.79 Å². The Labute approximate surface area is 87.0 Å². The molecule has 0 saturated carbocycles. The van der Waals surface area contributed by atoms with E-state index in [9.17, 15) is 4.79 Å². The second kappa shape index (κ2) is 5.98. The van der Waals surface area contributed by atoms with E-state index in [1.165, 1.54) is 0 Å². The lowest BCUT2D eigenvalue weighted by Crippen LogP contribution is -2.46. The maximum absolute atomic E-state index is 11.7. The first-order valence-corrected chi connectivity index (χ1v) is 5.01. The second-order valence-corrected chi connectivity index (χ2v) is 4.33. The van der Waals surface area contributed by atoms with Crippen molar-refractivity contribution in [3.63, 3.8) is 0 Å². The highest BCUT2D eigenvalue weighted by Crippen LogP contribution is 2.01. The summed E-state index contributed by atoms with van der Waals surface area (Å²) in [6.45, 7) is 5.52. The third-order valence-corrected chi connectivity index (χ3v) is 2.26. The van der Waals surface area contributed by atoms with Crippen molar-refractivity contribution in [3.8, 4) is 0 Å². The molecule has 0 heterocycles. The van der Waals surface area contributed by atoms with E-state index < -0.39 is 0 Å². The quantitative estimate of drug-likeness (QED) is 0.680. The van der Waals surface area contributed by atoms with E-state index in [0.717, 1.165) is 13.1 Å². The molecule has 0 aliphatic heterocycles. The number of nitrogens with two attached hydrogens (primary N) is 1. The van der Waals surface area contributed by atoms with Gasteiger partial charge in [0, 0.05) is 20.1 Å². The molecule has 0 aromatic heterocycles. The van der Waals surface area contributed by atoms with Gasteiger partial charge in [-0.1, -0.05) is 13.8 Å². The summed E-state index contributed by atoms with van der Waals surface area (Å²) >= 11 is 0. The van der Waals surface area contributed by atoms with Gasteiger partial charge in [-0.2, -0.15) is 0 Å². The van der Waals surface area contributed by atoms with Crippen LogP contribution in [-0.2, 0) is 4.79 Å². The lowest BCUT2D eigenvalue weighted by atomic mass is 10.0. The first kappa shape index (κ1) is 13.4. The zero-order valence-corrected chi connectivity index (χ0v) is 9.95. The zero-order chi connectivity index (χ0) is 11.3. The van der Waals surface area contributed by atoms with Crippen LogP contribution in [0.5, 0.6) is 0 Å². The van der Waals surface area contributed by atoms with Crippen LogP contribution in [0, 0.1) is 5.92 Å². The highest BCUT2D eigenvalue weighted by atomic mass is 16.2. The van der Waals surface area contributed by atoms with E-state index in [4.69, 9.17) is 5.73 Å². The molecule has 0 radical (unpaired) electrons. The van der Waals surface area contributed by atoms with Gasteiger partial charge >= 0.3 is 0 Å². The molecule has 14 heavy (non-hydrogen) atoms. The summed E-state index contributed by atoms with van der Waals surface area (Å²) in [5.74, 6) is 0.228. The number of carbonyl (C=O) groups excluding carboxylic acids is 1. The Balaban J connectivity index is 3.99. The highest BCUT2D eigenvalue weighted by Gasteiger charge is 2.20. The average Bonchev–Trinajstić information content (AvgIpc) is 2.11. The van der Waals surface area contributed by atoms with Crippen LogP contribution >= 0.6 is 0 Å². The van der Waals surface area contributed by atoms with E-state index >= 15 is 0 Å². The molecule has 4 nitrogen and oxygen atoms in total. The number of rotatable bonds is 5. The Hall–Kier alpha value is -0.610. The fourth-order valence-electron chi connectivity index (χ4n) is 1.000. The summed E-state index contributed by atoms with van der Waals surface area (Å²) in [5.41, 5.74) is 5.76. The fourth-order valence-corrected chi connectivity index (χ4v) is 1.000. The van der Waals surface area contributed by atoms with Crippen LogP contribution in [0.1, 0.15) is 13.8 Å². The van der Waals surface area contributed by atoms with Crippen LogP contribution in [0.25, 0.3) is 0 Å². The van der Waals surface area contributed by atoms with Crippen LogP contribution in [0.3, 0.4) is 0 Å². The molecular weight excluding hydrogens is 178 g/mol. The second-order valence-electron chi connectivity index (χ2n) is 4.33. The number of hydrogen-bond acceptors (Lipinski definition) is 3. The van der Waals surface area contributed by atoms with Crippen LogP contribution in [0.4, 0.5) is 0 Å². The van der Waals surface area contributed by atoms with Crippen molar-refractivity contribution in [3.05, 3.63) is 0 Å². The van der Waals surface area contributed by atoms with E-state index in [0.29, 0.717) is 0 Å². The van der Waals surface area contributed by atoms with Gasteiger partial charge in [0.25, 0.3) is 0 Å². The molecule has 1 amide bonds. The Bertz CT molecular complexity index is 180. The molecule has 0 bridgehead atoms. The SMILES string of the molecule is CC(C)[C@@H](N)C(=O)N(C)CCN(C)C. The third-order valence-electron chi connectivity index (χ3n) is 2.26. The number of likely N-dealkylation sites (N-methyl/N-ethyl adjacent to an activating group) is 2. The van der Waals surface area contributed by atoms with Gasteiger partial charge in [0.05, 0.1) is 6.04 Å². The van der Waals surface area contributed by atoms with Gasteiger partial charge in [-0.3, -0.25) is 4.79 Å². The normalized spacial score (nSPS) is 13.4. The molecule has 0 fully saturated rings. The van der Waals surface area contributed by atoms with Gasteiger partial charge in [-0.15, -0.1) is 0 Å². The molecular formula is C10H23N3O. The van der Waals surface area contributed by atoms with E-state index in [1.807, 2.05) is 32.8 Å². The summed E-state index contributed by atoms with van der Waals surface area (Å²) in [6.07, 6.45) is 0. The molecule has 2 N–H and O–H groups in total. The molecule has 0 aliphatic rings. The average molecular weight is 201 g/mol. The summed E-state index contributed by atoms with van der Waals surface area (Å²) in [7, 11) is 5.77. The monoisotopic (exact) mass is 201 g/mol. The maximum atomic E-state index is 11.7. The first-order valence-electron chi connectivity index (χ1n) is 5.01.